The average molecular weight is 209 g/mol. The van der Waals surface area contributed by atoms with Gasteiger partial charge in [-0.3, -0.25) is 0 Å². The van der Waals surface area contributed by atoms with E-state index in [4.69, 9.17) is 0 Å². The summed E-state index contributed by atoms with van der Waals surface area (Å²) in [6.07, 6.45) is 6.81. The van der Waals surface area contributed by atoms with Gasteiger partial charge in [0.05, 0.1) is 17.6 Å². The second-order valence-corrected chi connectivity index (χ2v) is 3.67. The fourth-order valence-electron chi connectivity index (χ4n) is 1.16. The van der Waals surface area contributed by atoms with Crippen molar-refractivity contribution in [3.8, 4) is 0 Å². The molecule has 0 amide bonds. The summed E-state index contributed by atoms with van der Waals surface area (Å²) in [6, 6.07) is 0. The van der Waals surface area contributed by atoms with E-state index < -0.39 is 6.67 Å². The number of allylic oxidation sites excluding steroid dienone is 4. The molecule has 0 atom stereocenters. The lowest BCUT2D eigenvalue weighted by Gasteiger charge is -2.02. The molecule has 0 aliphatic heterocycles. The molecule has 15 heavy (non-hydrogen) atoms. The minimum atomic E-state index is -0.477. The Labute approximate surface area is 89.3 Å². The summed E-state index contributed by atoms with van der Waals surface area (Å²) in [4.78, 5) is 1.52. The summed E-state index contributed by atoms with van der Waals surface area (Å²) in [5.41, 5.74) is 1.65. The molecule has 0 aliphatic carbocycles. The predicted octanol–water partition coefficient (Wildman–Crippen LogP) is 2.61. The molecular formula is C11H16FN3. The maximum absolute atomic E-state index is 12.0. The van der Waals surface area contributed by atoms with Crippen LogP contribution in [0.4, 0.5) is 4.39 Å². The molecule has 1 heterocycles. The van der Waals surface area contributed by atoms with Crippen molar-refractivity contribution in [3.63, 3.8) is 0 Å². The van der Waals surface area contributed by atoms with Crippen molar-refractivity contribution < 1.29 is 4.39 Å². The lowest BCUT2D eigenvalue weighted by molar-refractivity contribution is 0.561. The van der Waals surface area contributed by atoms with Crippen LogP contribution in [0.15, 0.2) is 24.4 Å². The molecule has 1 aromatic rings. The van der Waals surface area contributed by atoms with Crippen LogP contribution in [0.3, 0.4) is 0 Å². The van der Waals surface area contributed by atoms with Crippen LogP contribution in [0, 0.1) is 12.8 Å². The number of aryl methyl sites for hydroxylation is 1. The normalized spacial score (nSPS) is 13.0. The molecule has 1 aromatic heterocycles. The Hall–Kier alpha value is -1.45. The summed E-state index contributed by atoms with van der Waals surface area (Å²) >= 11 is 0. The molecule has 4 heteroatoms. The standard InChI is InChI=1S/C11H16FN3/c1-9(2)7-11(5-4-6-12)15-13-8-10(3)14-15/h4-5,7-9H,6H2,1-3H3/b5-4-,11-7+. The number of hydrogen-bond donors (Lipinski definition) is 0. The fraction of sp³-hybridized carbons (Fsp3) is 0.455. The zero-order valence-electron chi connectivity index (χ0n) is 9.31. The molecule has 0 aliphatic rings. The first-order chi connectivity index (χ1) is 7.13. The average Bonchev–Trinajstić information content (AvgIpc) is 2.58. The van der Waals surface area contributed by atoms with Gasteiger partial charge in [0.15, 0.2) is 0 Å². The van der Waals surface area contributed by atoms with Gasteiger partial charge in [-0.25, -0.2) is 4.39 Å². The number of nitrogens with zero attached hydrogens (tertiary/aromatic N) is 3. The third-order valence-corrected chi connectivity index (χ3v) is 1.72. The quantitative estimate of drug-likeness (QED) is 0.714. The van der Waals surface area contributed by atoms with Gasteiger partial charge in [0, 0.05) is 0 Å². The Morgan fingerprint density at radius 1 is 1.60 bits per heavy atom. The minimum absolute atomic E-state index is 0.371. The Morgan fingerprint density at radius 3 is 2.80 bits per heavy atom. The monoisotopic (exact) mass is 209 g/mol. The molecule has 0 bridgehead atoms. The van der Waals surface area contributed by atoms with Gasteiger partial charge in [-0.05, 0) is 18.9 Å². The molecule has 0 unspecified atom stereocenters. The van der Waals surface area contributed by atoms with Crippen LogP contribution in [-0.4, -0.2) is 21.7 Å². The van der Waals surface area contributed by atoms with E-state index in [0.29, 0.717) is 5.92 Å². The Kier molecular flexibility index (Phi) is 4.21. The molecule has 0 fully saturated rings. The Morgan fingerprint density at radius 2 is 2.33 bits per heavy atom. The van der Waals surface area contributed by atoms with Crippen LogP contribution < -0.4 is 0 Å². The summed E-state index contributed by atoms with van der Waals surface area (Å²) in [7, 11) is 0. The number of hydrogen-bond acceptors (Lipinski definition) is 2. The molecule has 0 N–H and O–H groups in total. The van der Waals surface area contributed by atoms with Crippen molar-refractivity contribution in [2.45, 2.75) is 20.8 Å². The van der Waals surface area contributed by atoms with E-state index in [2.05, 4.69) is 24.0 Å². The Balaban J connectivity index is 2.96. The van der Waals surface area contributed by atoms with E-state index in [-0.39, 0.29) is 0 Å². The van der Waals surface area contributed by atoms with Crippen LogP contribution >= 0.6 is 0 Å². The number of aromatic nitrogens is 3. The predicted molar refractivity (Wildman–Crippen MR) is 59.0 cm³/mol. The van der Waals surface area contributed by atoms with Crippen LogP contribution in [0.1, 0.15) is 19.5 Å². The van der Waals surface area contributed by atoms with Crippen molar-refractivity contribution in [2.24, 2.45) is 5.92 Å². The van der Waals surface area contributed by atoms with E-state index in [1.54, 1.807) is 12.3 Å². The van der Waals surface area contributed by atoms with E-state index in [1.165, 1.54) is 10.9 Å². The van der Waals surface area contributed by atoms with Gasteiger partial charge >= 0.3 is 0 Å². The maximum atomic E-state index is 12.0. The van der Waals surface area contributed by atoms with Crippen LogP contribution in [0.5, 0.6) is 0 Å². The highest BCUT2D eigenvalue weighted by Crippen LogP contribution is 2.08. The van der Waals surface area contributed by atoms with Crippen LogP contribution in [0.25, 0.3) is 5.70 Å². The highest BCUT2D eigenvalue weighted by molar-refractivity contribution is 5.55. The molecule has 0 radical (unpaired) electrons. The van der Waals surface area contributed by atoms with Crippen molar-refractivity contribution in [3.05, 3.63) is 30.1 Å². The lowest BCUT2D eigenvalue weighted by atomic mass is 10.2. The van der Waals surface area contributed by atoms with Crippen molar-refractivity contribution in [1.29, 1.82) is 0 Å². The van der Waals surface area contributed by atoms with E-state index >= 15 is 0 Å². The van der Waals surface area contributed by atoms with Crippen LogP contribution in [0.2, 0.25) is 0 Å². The highest BCUT2D eigenvalue weighted by Gasteiger charge is 2.01. The van der Waals surface area contributed by atoms with Gasteiger partial charge in [-0.1, -0.05) is 26.0 Å². The molecule has 1 rings (SSSR count). The first-order valence-corrected chi connectivity index (χ1v) is 4.97. The molecule has 82 valence electrons. The molecule has 0 aromatic carbocycles. The van der Waals surface area contributed by atoms with Gasteiger partial charge < -0.3 is 0 Å². The molecule has 0 saturated heterocycles. The van der Waals surface area contributed by atoms with Crippen molar-refractivity contribution in [1.82, 2.24) is 15.0 Å². The molecule has 0 spiro atoms. The fourth-order valence-corrected chi connectivity index (χ4v) is 1.16. The zero-order chi connectivity index (χ0) is 11.3. The SMILES string of the molecule is Cc1cnn(C(/C=C\CF)=C/C(C)C)n1. The summed E-state index contributed by atoms with van der Waals surface area (Å²) < 4.78 is 12.0. The maximum Gasteiger partial charge on any atom is 0.108 e. The smallest absolute Gasteiger partial charge is 0.108 e. The van der Waals surface area contributed by atoms with Gasteiger partial charge in [0.25, 0.3) is 0 Å². The van der Waals surface area contributed by atoms with Crippen molar-refractivity contribution in [2.75, 3.05) is 6.67 Å². The van der Waals surface area contributed by atoms with Gasteiger partial charge in [0.2, 0.25) is 0 Å². The van der Waals surface area contributed by atoms with Crippen molar-refractivity contribution >= 4 is 5.70 Å². The summed E-state index contributed by atoms with van der Waals surface area (Å²) in [5.74, 6) is 0.371. The first kappa shape index (κ1) is 11.6. The summed E-state index contributed by atoms with van der Waals surface area (Å²) in [5, 5.41) is 8.27. The second kappa shape index (κ2) is 5.44. The van der Waals surface area contributed by atoms with Gasteiger partial charge in [-0.2, -0.15) is 15.0 Å². The first-order valence-electron chi connectivity index (χ1n) is 4.97. The van der Waals surface area contributed by atoms with E-state index in [9.17, 15) is 4.39 Å². The minimum Gasteiger partial charge on any atom is -0.247 e. The third kappa shape index (κ3) is 3.65. The van der Waals surface area contributed by atoms with Gasteiger partial charge in [0.1, 0.15) is 6.67 Å². The molecule has 3 nitrogen and oxygen atoms in total. The molecule has 0 saturated carbocycles. The van der Waals surface area contributed by atoms with E-state index in [0.717, 1.165) is 11.4 Å². The second-order valence-electron chi connectivity index (χ2n) is 3.67. The summed E-state index contributed by atoms with van der Waals surface area (Å²) in [6.45, 7) is 5.50. The Bertz CT molecular complexity index is 364. The van der Waals surface area contributed by atoms with Crippen LogP contribution in [-0.2, 0) is 0 Å². The third-order valence-electron chi connectivity index (χ3n) is 1.72. The molecular weight excluding hydrogens is 193 g/mol. The zero-order valence-corrected chi connectivity index (χ0v) is 9.31. The largest absolute Gasteiger partial charge is 0.247 e. The number of halogens is 1. The van der Waals surface area contributed by atoms with E-state index in [1.807, 2.05) is 13.0 Å². The lowest BCUT2D eigenvalue weighted by Crippen LogP contribution is -2.01. The topological polar surface area (TPSA) is 30.7 Å². The highest BCUT2D eigenvalue weighted by atomic mass is 19.1. The van der Waals surface area contributed by atoms with Gasteiger partial charge in [-0.15, -0.1) is 0 Å². The number of alkyl halides is 1. The number of rotatable bonds is 4.